The number of amides is 3. The number of nitrogens with one attached hydrogen (secondary N) is 2. The van der Waals surface area contributed by atoms with E-state index in [-0.39, 0.29) is 18.9 Å². The van der Waals surface area contributed by atoms with Gasteiger partial charge in [0.05, 0.1) is 13.0 Å². The molecule has 7 heteroatoms. The van der Waals surface area contributed by atoms with Crippen LogP contribution in [-0.4, -0.2) is 53.6 Å². The Kier molecular flexibility index (Phi) is 5.41. The molecule has 3 amide bonds. The quantitative estimate of drug-likeness (QED) is 0.633. The maximum Gasteiger partial charge on any atom is 0.315 e. The molecule has 1 rings (SSSR count). The van der Waals surface area contributed by atoms with Crippen LogP contribution in [0.1, 0.15) is 26.2 Å². The number of hydrogen-bond donors (Lipinski definition) is 3. The summed E-state index contributed by atoms with van der Waals surface area (Å²) in [6.07, 6.45) is 1.87. The molecule has 3 N–H and O–H groups in total. The second-order valence-electron chi connectivity index (χ2n) is 4.41. The highest BCUT2D eigenvalue weighted by molar-refractivity contribution is 5.84. The number of rotatable bonds is 5. The van der Waals surface area contributed by atoms with E-state index in [4.69, 9.17) is 5.11 Å². The summed E-state index contributed by atoms with van der Waals surface area (Å²) in [5, 5.41) is 13.4. The summed E-state index contributed by atoms with van der Waals surface area (Å²) >= 11 is 0. The van der Waals surface area contributed by atoms with E-state index < -0.39 is 18.0 Å². The van der Waals surface area contributed by atoms with Gasteiger partial charge >= 0.3 is 12.0 Å². The molecule has 0 bridgehead atoms. The number of carboxylic acid groups (broad SMARTS) is 1. The van der Waals surface area contributed by atoms with Crippen molar-refractivity contribution in [3.05, 3.63) is 0 Å². The van der Waals surface area contributed by atoms with Crippen molar-refractivity contribution in [3.63, 3.8) is 0 Å². The highest BCUT2D eigenvalue weighted by atomic mass is 16.4. The second-order valence-corrected chi connectivity index (χ2v) is 4.41. The van der Waals surface area contributed by atoms with E-state index in [1.807, 2.05) is 0 Å². The van der Waals surface area contributed by atoms with Crippen molar-refractivity contribution < 1.29 is 19.5 Å². The molecule has 0 aliphatic carbocycles. The topological polar surface area (TPSA) is 98.7 Å². The number of carboxylic acids is 1. The van der Waals surface area contributed by atoms with Crippen molar-refractivity contribution in [1.29, 1.82) is 0 Å². The molecule has 1 aliphatic rings. The zero-order valence-electron chi connectivity index (χ0n) is 10.4. The highest BCUT2D eigenvalue weighted by Crippen LogP contribution is 2.06. The van der Waals surface area contributed by atoms with E-state index in [0.717, 1.165) is 25.9 Å². The molecule has 102 valence electrons. The van der Waals surface area contributed by atoms with Crippen LogP contribution in [0.15, 0.2) is 0 Å². The Balaban J connectivity index is 2.19. The van der Waals surface area contributed by atoms with E-state index in [9.17, 15) is 14.4 Å². The third kappa shape index (κ3) is 5.03. The smallest absolute Gasteiger partial charge is 0.315 e. The minimum absolute atomic E-state index is 0.0500. The van der Waals surface area contributed by atoms with Gasteiger partial charge in [-0.1, -0.05) is 0 Å². The fraction of sp³-hybridized carbons (Fsp3) is 0.727. The van der Waals surface area contributed by atoms with Crippen LogP contribution >= 0.6 is 0 Å². The van der Waals surface area contributed by atoms with Crippen LogP contribution in [0, 0.1) is 0 Å². The number of aliphatic carboxylic acids is 1. The van der Waals surface area contributed by atoms with Crippen molar-refractivity contribution in [1.82, 2.24) is 15.5 Å². The molecule has 1 saturated heterocycles. The van der Waals surface area contributed by atoms with Gasteiger partial charge in [0.25, 0.3) is 0 Å². The maximum atomic E-state index is 11.6. The first kappa shape index (κ1) is 14.3. The van der Waals surface area contributed by atoms with Crippen LogP contribution in [0.3, 0.4) is 0 Å². The van der Waals surface area contributed by atoms with Crippen LogP contribution in [0.2, 0.25) is 0 Å². The summed E-state index contributed by atoms with van der Waals surface area (Å²) in [5.74, 6) is -1.08. The van der Waals surface area contributed by atoms with Crippen LogP contribution in [0.4, 0.5) is 4.79 Å². The fourth-order valence-electron chi connectivity index (χ4n) is 1.82. The molecule has 7 nitrogen and oxygen atoms in total. The fourth-order valence-corrected chi connectivity index (χ4v) is 1.82. The number of carbonyl (C=O) groups is 3. The van der Waals surface area contributed by atoms with Crippen LogP contribution in [0.5, 0.6) is 0 Å². The molecule has 0 radical (unpaired) electrons. The maximum absolute atomic E-state index is 11.6. The predicted octanol–water partition coefficient (Wildman–Crippen LogP) is -0.229. The van der Waals surface area contributed by atoms with Gasteiger partial charge in [0.1, 0.15) is 0 Å². The Labute approximate surface area is 106 Å². The van der Waals surface area contributed by atoms with E-state index in [1.165, 1.54) is 0 Å². The highest BCUT2D eigenvalue weighted by Gasteiger charge is 2.18. The summed E-state index contributed by atoms with van der Waals surface area (Å²) in [6.45, 7) is 3.04. The molecular formula is C11H19N3O4. The van der Waals surface area contributed by atoms with Crippen LogP contribution in [0.25, 0.3) is 0 Å². The number of urea groups is 1. The van der Waals surface area contributed by atoms with E-state index in [2.05, 4.69) is 10.6 Å². The van der Waals surface area contributed by atoms with E-state index >= 15 is 0 Å². The SMILES string of the molecule is CC(CC(=O)O)NC(=O)NCC(=O)N1CCCC1. The van der Waals surface area contributed by atoms with Crippen molar-refractivity contribution in [3.8, 4) is 0 Å². The standard InChI is InChI=1S/C11H19N3O4/c1-8(6-10(16)17)13-11(18)12-7-9(15)14-4-2-3-5-14/h8H,2-7H2,1H3,(H,16,17)(H2,12,13,18). The van der Waals surface area contributed by atoms with Gasteiger partial charge in [-0.3, -0.25) is 9.59 Å². The zero-order chi connectivity index (χ0) is 13.5. The Morgan fingerprint density at radius 2 is 1.89 bits per heavy atom. The zero-order valence-corrected chi connectivity index (χ0v) is 10.4. The molecule has 1 unspecified atom stereocenters. The minimum atomic E-state index is -0.976. The van der Waals surface area contributed by atoms with Crippen LogP contribution in [-0.2, 0) is 9.59 Å². The number of hydrogen-bond acceptors (Lipinski definition) is 3. The van der Waals surface area contributed by atoms with Crippen molar-refractivity contribution in [2.24, 2.45) is 0 Å². The summed E-state index contributed by atoms with van der Waals surface area (Å²) in [4.78, 5) is 35.1. The molecule has 0 saturated carbocycles. The minimum Gasteiger partial charge on any atom is -0.481 e. The van der Waals surface area contributed by atoms with E-state index in [1.54, 1.807) is 11.8 Å². The second kappa shape index (κ2) is 6.83. The third-order valence-corrected chi connectivity index (χ3v) is 2.72. The first-order valence-electron chi connectivity index (χ1n) is 6.03. The van der Waals surface area contributed by atoms with Gasteiger partial charge < -0.3 is 20.6 Å². The average molecular weight is 257 g/mol. The first-order valence-corrected chi connectivity index (χ1v) is 6.03. The monoisotopic (exact) mass is 257 g/mol. The molecule has 1 aliphatic heterocycles. The lowest BCUT2D eigenvalue weighted by molar-refractivity contribution is -0.137. The number of likely N-dealkylation sites (tertiary alicyclic amines) is 1. The lowest BCUT2D eigenvalue weighted by Gasteiger charge is -2.16. The Bertz CT molecular complexity index is 326. The Morgan fingerprint density at radius 3 is 2.44 bits per heavy atom. The molecule has 0 aromatic heterocycles. The predicted molar refractivity (Wildman–Crippen MR) is 64.1 cm³/mol. The van der Waals surface area contributed by atoms with Gasteiger partial charge in [0.15, 0.2) is 0 Å². The Morgan fingerprint density at radius 1 is 1.28 bits per heavy atom. The van der Waals surface area contributed by atoms with E-state index in [0.29, 0.717) is 0 Å². The van der Waals surface area contributed by atoms with Gasteiger partial charge in [-0.15, -0.1) is 0 Å². The normalized spacial score (nSPS) is 16.2. The van der Waals surface area contributed by atoms with Gasteiger partial charge in [-0.05, 0) is 19.8 Å². The molecule has 18 heavy (non-hydrogen) atoms. The van der Waals surface area contributed by atoms with Gasteiger partial charge in [-0.2, -0.15) is 0 Å². The Hall–Kier alpha value is -1.79. The largest absolute Gasteiger partial charge is 0.481 e. The lowest BCUT2D eigenvalue weighted by Crippen LogP contribution is -2.45. The number of carbonyl (C=O) groups excluding carboxylic acids is 2. The van der Waals surface area contributed by atoms with Gasteiger partial charge in [0.2, 0.25) is 5.91 Å². The average Bonchev–Trinajstić information content (AvgIpc) is 2.77. The molecule has 0 spiro atoms. The molecule has 1 fully saturated rings. The molecule has 0 aromatic carbocycles. The van der Waals surface area contributed by atoms with Crippen LogP contribution < -0.4 is 10.6 Å². The third-order valence-electron chi connectivity index (χ3n) is 2.72. The summed E-state index contributed by atoms with van der Waals surface area (Å²) in [6, 6.07) is -0.985. The summed E-state index contributed by atoms with van der Waals surface area (Å²) in [7, 11) is 0. The van der Waals surface area contributed by atoms with Crippen molar-refractivity contribution >= 4 is 17.9 Å². The number of nitrogens with zero attached hydrogens (tertiary/aromatic N) is 1. The first-order chi connectivity index (χ1) is 8.49. The van der Waals surface area contributed by atoms with Crippen molar-refractivity contribution in [2.45, 2.75) is 32.2 Å². The summed E-state index contributed by atoms with van der Waals surface area (Å²) < 4.78 is 0. The van der Waals surface area contributed by atoms with Gasteiger partial charge in [-0.25, -0.2) is 4.79 Å². The molecule has 1 atom stereocenters. The van der Waals surface area contributed by atoms with Gasteiger partial charge in [0, 0.05) is 19.1 Å². The molecule has 1 heterocycles. The lowest BCUT2D eigenvalue weighted by atomic mass is 10.2. The summed E-state index contributed by atoms with van der Waals surface area (Å²) in [5.41, 5.74) is 0. The molecule has 0 aromatic rings. The van der Waals surface area contributed by atoms with Crippen molar-refractivity contribution in [2.75, 3.05) is 19.6 Å². The molecular weight excluding hydrogens is 238 g/mol.